The average Bonchev–Trinajstić information content (AvgIpc) is 2.90. The van der Waals surface area contributed by atoms with Gasteiger partial charge in [0.1, 0.15) is 0 Å². The zero-order chi connectivity index (χ0) is 15.8. The Morgan fingerprint density at radius 2 is 1.95 bits per heavy atom. The molecule has 1 atom stereocenters. The number of hydrogen-bond acceptors (Lipinski definition) is 1. The van der Waals surface area contributed by atoms with Gasteiger partial charge in [-0.15, -0.1) is 0 Å². The molecule has 0 spiro atoms. The maximum absolute atomic E-state index is 9.02. The number of rotatable bonds is 5. The van der Waals surface area contributed by atoms with Gasteiger partial charge in [-0.2, -0.15) is 0 Å². The quantitative estimate of drug-likeness (QED) is 0.741. The molecule has 0 aromatic heterocycles. The van der Waals surface area contributed by atoms with E-state index in [9.17, 15) is 0 Å². The van der Waals surface area contributed by atoms with Gasteiger partial charge >= 0.3 is 0 Å². The second-order valence-corrected chi connectivity index (χ2v) is 5.43. The van der Waals surface area contributed by atoms with Crippen molar-refractivity contribution in [3.63, 3.8) is 0 Å². The molecule has 1 aromatic rings. The lowest BCUT2D eigenvalue weighted by molar-refractivity contribution is 0.240. The summed E-state index contributed by atoms with van der Waals surface area (Å²) < 4.78 is 0. The Labute approximate surface area is 135 Å². The Morgan fingerprint density at radius 1 is 1.29 bits per heavy atom. The van der Waals surface area contributed by atoms with Crippen LogP contribution in [0, 0.1) is 5.92 Å². The highest BCUT2D eigenvalue weighted by Gasteiger charge is 2.14. The fourth-order valence-electron chi connectivity index (χ4n) is 2.12. The molecule has 0 saturated carbocycles. The summed E-state index contributed by atoms with van der Waals surface area (Å²) in [4.78, 5) is 0. The number of aliphatic hydroxyl groups is 1. The molecule has 0 amide bonds. The summed E-state index contributed by atoms with van der Waals surface area (Å²) in [6.45, 7) is 2.36. The maximum atomic E-state index is 9.02. The highest BCUT2D eigenvalue weighted by atomic mass is 16.3. The summed E-state index contributed by atoms with van der Waals surface area (Å²) in [6, 6.07) is 8.54. The van der Waals surface area contributed by atoms with E-state index >= 15 is 0 Å². The molecule has 1 N–H and O–H groups in total. The molecule has 0 fully saturated rings. The predicted octanol–water partition coefficient (Wildman–Crippen LogP) is -0.0210. The first-order valence-corrected chi connectivity index (χ1v) is 7.19. The van der Waals surface area contributed by atoms with Crippen LogP contribution in [0.4, 0.5) is 0 Å². The Hall–Kier alpha value is -0.625. The Kier molecular flexibility index (Phi) is 8.25. The molecule has 21 heavy (non-hydrogen) atoms. The second-order valence-electron chi connectivity index (χ2n) is 5.43. The third-order valence-corrected chi connectivity index (χ3v) is 3.48. The molecule has 2 rings (SSSR count). The minimum Gasteiger partial charge on any atom is -0.396 e. The first kappa shape index (κ1) is 18.4. The molecule has 0 saturated heterocycles. The van der Waals surface area contributed by atoms with Crippen molar-refractivity contribution in [1.82, 2.24) is 0 Å². The fraction of sp³-hybridized carbons (Fsp3) is 0.385. The normalized spacial score (nSPS) is 13.3. The molecule has 1 nitrogen and oxygen atoms in total. The summed E-state index contributed by atoms with van der Waals surface area (Å²) in [5, 5.41) is 9.02. The molecule has 1 aromatic carbocycles. The summed E-state index contributed by atoms with van der Waals surface area (Å²) in [7, 11) is 21.6. The summed E-state index contributed by atoms with van der Waals surface area (Å²) in [5.41, 5.74) is 4.21. The molecule has 1 aliphatic carbocycles. The van der Waals surface area contributed by atoms with Gasteiger partial charge in [-0.05, 0) is 35.5 Å². The van der Waals surface area contributed by atoms with Crippen LogP contribution in [0.2, 0.25) is 0 Å². The first-order chi connectivity index (χ1) is 9.99. The smallest absolute Gasteiger partial charge is 0.0459 e. The van der Waals surface area contributed by atoms with Crippen LogP contribution in [0.15, 0.2) is 30.3 Å². The van der Waals surface area contributed by atoms with E-state index in [2.05, 4.69) is 37.3 Å². The van der Waals surface area contributed by atoms with Crippen LogP contribution in [0.3, 0.4) is 0 Å². The number of aliphatic hydroxyl groups excluding tert-OH is 1. The number of allylic oxidation sites excluding steroid dienone is 2. The highest BCUT2D eigenvalue weighted by Crippen LogP contribution is 2.31. The van der Waals surface area contributed by atoms with Crippen molar-refractivity contribution in [1.29, 1.82) is 0 Å². The van der Waals surface area contributed by atoms with Crippen LogP contribution in [0.25, 0.3) is 5.57 Å². The Morgan fingerprint density at radius 3 is 2.48 bits per heavy atom. The number of benzene rings is 1. The third-order valence-electron chi connectivity index (χ3n) is 3.48. The van der Waals surface area contributed by atoms with E-state index in [0.29, 0.717) is 5.92 Å². The van der Waals surface area contributed by atoms with Crippen LogP contribution in [-0.2, 0) is 6.42 Å². The van der Waals surface area contributed by atoms with Crippen LogP contribution in [-0.4, -0.2) is 62.5 Å². The van der Waals surface area contributed by atoms with Crippen molar-refractivity contribution < 1.29 is 5.11 Å². The van der Waals surface area contributed by atoms with Crippen molar-refractivity contribution in [3.8, 4) is 0 Å². The van der Waals surface area contributed by atoms with Crippen molar-refractivity contribution in [2.75, 3.05) is 6.61 Å². The Balaban J connectivity index is 0.000000270. The molecule has 0 bridgehead atoms. The van der Waals surface area contributed by atoms with E-state index in [1.807, 2.05) is 0 Å². The average molecular weight is 264 g/mol. The van der Waals surface area contributed by atoms with Gasteiger partial charge in [0, 0.05) is 57.4 Å². The fourth-order valence-corrected chi connectivity index (χ4v) is 2.12. The highest BCUT2D eigenvalue weighted by molar-refractivity contribution is 7.81. The van der Waals surface area contributed by atoms with Gasteiger partial charge in [-0.1, -0.05) is 37.3 Å². The van der Waals surface area contributed by atoms with Crippen LogP contribution in [0.1, 0.15) is 24.5 Å². The van der Waals surface area contributed by atoms with Crippen LogP contribution < -0.4 is 0 Å². The van der Waals surface area contributed by atoms with Crippen molar-refractivity contribution >= 4 is 56.4 Å². The predicted molar refractivity (Wildman–Crippen MR) is 99.3 cm³/mol. The molecule has 1 aliphatic rings. The minimum atomic E-state index is -0.537. The van der Waals surface area contributed by atoms with Crippen LogP contribution >= 0.6 is 0 Å². The first-order valence-electron chi connectivity index (χ1n) is 7.19. The van der Waals surface area contributed by atoms with E-state index in [4.69, 9.17) is 36.1 Å². The third kappa shape index (κ3) is 5.94. The second kappa shape index (κ2) is 9.40. The molecular formula is C13H16B7O. The lowest BCUT2D eigenvalue weighted by Crippen LogP contribution is -2.43. The summed E-state index contributed by atoms with van der Waals surface area (Å²) in [6.07, 6.45) is 3.42. The van der Waals surface area contributed by atoms with Gasteiger partial charge in [0.25, 0.3) is 0 Å². The molecule has 1 unspecified atom stereocenters. The molecular weight excluding hydrogens is 248 g/mol. The molecule has 0 aliphatic heterocycles. The van der Waals surface area contributed by atoms with Gasteiger partial charge in [-0.3, -0.25) is 0 Å². The van der Waals surface area contributed by atoms with Gasteiger partial charge in [-0.25, -0.2) is 0 Å². The van der Waals surface area contributed by atoms with Gasteiger partial charge < -0.3 is 5.11 Å². The SMILES string of the molecule is CC(CO)CC1=CCc2ccccc21.[B][B]B([B])B([B])[B]. The van der Waals surface area contributed by atoms with Gasteiger partial charge in [0.15, 0.2) is 0 Å². The van der Waals surface area contributed by atoms with Gasteiger partial charge in [0.2, 0.25) is 0 Å². The van der Waals surface area contributed by atoms with E-state index in [0.717, 1.165) is 12.8 Å². The maximum Gasteiger partial charge on any atom is 0.0459 e. The summed E-state index contributed by atoms with van der Waals surface area (Å²) >= 11 is 0. The van der Waals surface area contributed by atoms with Crippen LogP contribution in [0.5, 0.6) is 0 Å². The molecule has 9 radical (unpaired) electrons. The number of hydrogen-bond donors (Lipinski definition) is 1. The lowest BCUT2D eigenvalue weighted by Gasteiger charge is -2.10. The van der Waals surface area contributed by atoms with Crippen molar-refractivity contribution in [2.45, 2.75) is 19.8 Å². The molecule has 0 heterocycles. The lowest BCUT2D eigenvalue weighted by atomic mass is 8.76. The van der Waals surface area contributed by atoms with E-state index in [-0.39, 0.29) is 13.0 Å². The van der Waals surface area contributed by atoms with Crippen molar-refractivity contribution in [3.05, 3.63) is 41.5 Å². The molecule has 95 valence electrons. The summed E-state index contributed by atoms with van der Waals surface area (Å²) in [5.74, 6) is 0.368. The van der Waals surface area contributed by atoms with E-state index in [1.165, 1.54) is 23.8 Å². The van der Waals surface area contributed by atoms with Gasteiger partial charge in [0.05, 0.1) is 0 Å². The number of fused-ring (bicyclic) bond motifs is 1. The molecule has 8 heteroatoms. The topological polar surface area (TPSA) is 20.2 Å². The van der Waals surface area contributed by atoms with E-state index < -0.39 is 6.39 Å². The van der Waals surface area contributed by atoms with Crippen molar-refractivity contribution in [2.24, 2.45) is 5.92 Å². The zero-order valence-electron chi connectivity index (χ0n) is 12.6. The zero-order valence-corrected chi connectivity index (χ0v) is 12.6. The van der Waals surface area contributed by atoms with E-state index in [1.54, 1.807) is 0 Å². The largest absolute Gasteiger partial charge is 0.396 e. The minimum absolute atomic E-state index is 0.277. The Bertz CT molecular complexity index is 464. The monoisotopic (exact) mass is 265 g/mol. The standard InChI is InChI=1S/C13H16O.B7/c1-10(9-14)8-12-7-6-11-4-2-3-5-13(11)12;1-5-7(4)6(2)3/h2-5,7,10,14H,6,8-9H2,1H3;.